The van der Waals surface area contributed by atoms with Crippen LogP contribution in [0.4, 0.5) is 5.69 Å². The monoisotopic (exact) mass is 600 g/mol. The van der Waals surface area contributed by atoms with Crippen molar-refractivity contribution in [2.24, 2.45) is 0 Å². The molecule has 5 rings (SSSR count). The van der Waals surface area contributed by atoms with Crippen LogP contribution in [-0.4, -0.2) is 27.1 Å². The number of fused-ring (bicyclic) bond motifs is 1. The van der Waals surface area contributed by atoms with E-state index in [0.717, 1.165) is 41.7 Å². The van der Waals surface area contributed by atoms with Crippen molar-refractivity contribution in [3.05, 3.63) is 64.1 Å². The maximum atomic E-state index is 12.6. The minimum atomic E-state index is 0.148. The van der Waals surface area contributed by atoms with Crippen LogP contribution >= 0.6 is 23.2 Å². The number of benzene rings is 1. The summed E-state index contributed by atoms with van der Waals surface area (Å²) in [5.41, 5.74) is 4.53. The van der Waals surface area contributed by atoms with E-state index in [-0.39, 0.29) is 5.91 Å². The third-order valence-electron chi connectivity index (χ3n) is 7.10. The summed E-state index contributed by atoms with van der Waals surface area (Å²) in [7, 11) is 0. The van der Waals surface area contributed by atoms with E-state index < -0.39 is 0 Å². The Morgan fingerprint density at radius 2 is 1.73 bits per heavy atom. The van der Waals surface area contributed by atoms with Gasteiger partial charge in [-0.05, 0) is 55.9 Å². The lowest BCUT2D eigenvalue weighted by atomic mass is 9.91. The molecule has 1 atom stereocenters. The Hall–Kier alpha value is -2.83. The van der Waals surface area contributed by atoms with Gasteiger partial charge in [-0.25, -0.2) is 4.98 Å². The van der Waals surface area contributed by atoms with E-state index in [1.165, 1.54) is 24.8 Å². The van der Waals surface area contributed by atoms with E-state index in [9.17, 15) is 4.79 Å². The molecule has 41 heavy (non-hydrogen) atoms. The first-order valence-corrected chi connectivity index (χ1v) is 15.7. The second-order valence-electron chi connectivity index (χ2n) is 9.71. The number of aromatic nitrogens is 3. The number of pyridine rings is 1. The smallest absolute Gasteiger partial charge is 0.224 e. The number of rotatable bonds is 5. The molecule has 224 valence electrons. The summed E-state index contributed by atoms with van der Waals surface area (Å²) in [6.07, 6.45) is 10.9. The van der Waals surface area contributed by atoms with Crippen LogP contribution in [-0.2, 0) is 4.79 Å². The number of anilines is 1. The molecule has 1 N–H and O–H groups in total. The average Bonchev–Trinajstić information content (AvgIpc) is 3.65. The van der Waals surface area contributed by atoms with Crippen LogP contribution in [0.15, 0.2) is 47.2 Å². The molecule has 1 amide bonds. The normalized spacial score (nSPS) is 13.6. The van der Waals surface area contributed by atoms with Crippen molar-refractivity contribution in [1.29, 1.82) is 0 Å². The van der Waals surface area contributed by atoms with Gasteiger partial charge in [0.05, 0.1) is 15.7 Å². The maximum Gasteiger partial charge on any atom is 0.224 e. The van der Waals surface area contributed by atoms with Gasteiger partial charge < -0.3 is 14.4 Å². The van der Waals surface area contributed by atoms with E-state index in [1.54, 1.807) is 31.2 Å². The molecule has 0 radical (unpaired) electrons. The highest BCUT2D eigenvalue weighted by Crippen LogP contribution is 2.38. The number of halogens is 2. The minimum Gasteiger partial charge on any atom is -0.361 e. The number of hydrogen-bond acceptors (Lipinski definition) is 4. The topological polar surface area (TPSA) is 75.0 Å². The molecular weight excluding hydrogens is 555 g/mol. The lowest BCUT2D eigenvalue weighted by Crippen LogP contribution is -2.41. The third kappa shape index (κ3) is 8.59. The lowest BCUT2D eigenvalue weighted by molar-refractivity contribution is -0.117. The van der Waals surface area contributed by atoms with E-state index in [2.05, 4.69) is 39.9 Å². The van der Waals surface area contributed by atoms with E-state index in [4.69, 9.17) is 27.7 Å². The summed E-state index contributed by atoms with van der Waals surface area (Å²) < 4.78 is 4.96. The van der Waals surface area contributed by atoms with Crippen LogP contribution in [0.5, 0.6) is 0 Å². The first kappa shape index (κ1) is 34.4. The predicted octanol–water partition coefficient (Wildman–Crippen LogP) is 10.8. The number of amides is 1. The van der Waals surface area contributed by atoms with Crippen molar-refractivity contribution in [3.63, 3.8) is 0 Å². The summed E-state index contributed by atoms with van der Waals surface area (Å²) in [6.45, 7) is 15.9. The van der Waals surface area contributed by atoms with Crippen molar-refractivity contribution < 1.29 is 9.32 Å². The summed E-state index contributed by atoms with van der Waals surface area (Å²) in [6, 6.07) is 9.51. The SMILES string of the molecule is CC.CC.CCC(C)c1cnc2[nH]ccc2c1N(C(C)=O)C1CCCCC1.Cc1cc(-c2c(Cl)cccc2Cl)no1. The predicted molar refractivity (Wildman–Crippen MR) is 174 cm³/mol. The minimum absolute atomic E-state index is 0.148. The van der Waals surface area contributed by atoms with Crippen molar-refractivity contribution in [2.45, 2.75) is 106 Å². The fourth-order valence-corrected chi connectivity index (χ4v) is 5.61. The summed E-state index contributed by atoms with van der Waals surface area (Å²) in [4.78, 5) is 22.4. The summed E-state index contributed by atoms with van der Waals surface area (Å²) >= 11 is 12.0. The quantitative estimate of drug-likeness (QED) is 0.247. The summed E-state index contributed by atoms with van der Waals surface area (Å²) in [5, 5.41) is 6.09. The largest absolute Gasteiger partial charge is 0.361 e. The zero-order valence-corrected chi connectivity index (χ0v) is 27.4. The fraction of sp³-hybridized carbons (Fsp3) is 0.485. The Labute approximate surface area is 255 Å². The van der Waals surface area contributed by atoms with Crippen molar-refractivity contribution in [1.82, 2.24) is 15.1 Å². The first-order valence-electron chi connectivity index (χ1n) is 14.9. The molecule has 0 bridgehead atoms. The molecule has 1 fully saturated rings. The zero-order chi connectivity index (χ0) is 30.5. The van der Waals surface area contributed by atoms with Crippen LogP contribution < -0.4 is 4.90 Å². The van der Waals surface area contributed by atoms with Gasteiger partial charge in [-0.1, -0.05) is 95.2 Å². The summed E-state index contributed by atoms with van der Waals surface area (Å²) in [5.74, 6) is 1.27. The highest BCUT2D eigenvalue weighted by molar-refractivity contribution is 6.39. The van der Waals surface area contributed by atoms with Crippen molar-refractivity contribution >= 4 is 45.8 Å². The fourth-order valence-electron chi connectivity index (χ4n) is 5.02. The molecule has 3 aromatic heterocycles. The van der Waals surface area contributed by atoms with Crippen LogP contribution in [0.1, 0.15) is 104 Å². The molecule has 3 heterocycles. The van der Waals surface area contributed by atoms with Crippen molar-refractivity contribution in [2.75, 3.05) is 4.90 Å². The molecule has 1 aromatic carbocycles. The highest BCUT2D eigenvalue weighted by atomic mass is 35.5. The standard InChI is InChI=1S/C19H27N3O.C10H7Cl2NO.2C2H6/c1-4-13(2)17-12-21-19-16(10-11-20-19)18(17)22(14(3)23)15-8-6-5-7-9-15;1-6-5-9(13-14-6)10-7(11)3-2-4-8(10)12;2*1-2/h10-13,15H,4-9H2,1-3H3,(H,20,21);2-5H,1H3;2*1-2H3. The van der Waals surface area contributed by atoms with E-state index in [0.29, 0.717) is 33.3 Å². The van der Waals surface area contributed by atoms with Gasteiger partial charge in [0.1, 0.15) is 17.1 Å². The van der Waals surface area contributed by atoms with Gasteiger partial charge in [0.25, 0.3) is 0 Å². The average molecular weight is 602 g/mol. The van der Waals surface area contributed by atoms with Crippen LogP contribution in [0.3, 0.4) is 0 Å². The van der Waals surface area contributed by atoms with E-state index in [1.807, 2.05) is 47.0 Å². The van der Waals surface area contributed by atoms with Gasteiger partial charge in [0.2, 0.25) is 5.91 Å². The number of nitrogens with one attached hydrogen (secondary N) is 1. The molecule has 1 unspecified atom stereocenters. The zero-order valence-electron chi connectivity index (χ0n) is 25.9. The number of carbonyl (C=O) groups is 1. The Kier molecular flexibility index (Phi) is 14.4. The highest BCUT2D eigenvalue weighted by Gasteiger charge is 2.29. The number of carbonyl (C=O) groups excluding carboxylic acids is 1. The molecule has 8 heteroatoms. The van der Waals surface area contributed by atoms with Gasteiger partial charge in [-0.2, -0.15) is 0 Å². The molecule has 1 aliphatic carbocycles. The molecule has 4 aromatic rings. The number of nitrogens with zero attached hydrogens (tertiary/aromatic N) is 3. The maximum absolute atomic E-state index is 12.6. The second kappa shape index (κ2) is 17.2. The Morgan fingerprint density at radius 3 is 2.27 bits per heavy atom. The molecular formula is C33H46Cl2N4O2. The molecule has 0 aliphatic heterocycles. The number of aryl methyl sites for hydroxylation is 1. The van der Waals surface area contributed by atoms with Crippen LogP contribution in [0, 0.1) is 6.92 Å². The van der Waals surface area contributed by atoms with Gasteiger partial charge in [-0.3, -0.25) is 4.79 Å². The Morgan fingerprint density at radius 1 is 1.10 bits per heavy atom. The molecule has 6 nitrogen and oxygen atoms in total. The molecule has 0 spiro atoms. The Bertz CT molecular complexity index is 1340. The first-order chi connectivity index (χ1) is 19.8. The number of H-pyrrole nitrogens is 1. The van der Waals surface area contributed by atoms with Crippen molar-refractivity contribution in [3.8, 4) is 11.3 Å². The lowest BCUT2D eigenvalue weighted by Gasteiger charge is -2.36. The van der Waals surface area contributed by atoms with E-state index >= 15 is 0 Å². The number of hydrogen-bond donors (Lipinski definition) is 1. The van der Waals surface area contributed by atoms with Gasteiger partial charge >= 0.3 is 0 Å². The second-order valence-corrected chi connectivity index (χ2v) is 10.5. The Balaban J connectivity index is 0.000000279. The van der Waals surface area contributed by atoms with Crippen LogP contribution in [0.25, 0.3) is 22.3 Å². The van der Waals surface area contributed by atoms with Crippen LogP contribution in [0.2, 0.25) is 10.0 Å². The van der Waals surface area contributed by atoms with Gasteiger partial charge in [-0.15, -0.1) is 0 Å². The molecule has 0 saturated heterocycles. The third-order valence-corrected chi connectivity index (χ3v) is 7.73. The van der Waals surface area contributed by atoms with Gasteiger partial charge in [0, 0.05) is 42.4 Å². The molecule has 1 saturated carbocycles. The van der Waals surface area contributed by atoms with Gasteiger partial charge in [0.15, 0.2) is 0 Å². The number of aromatic amines is 1. The molecule has 1 aliphatic rings.